The molecule has 1 aliphatic carbocycles. The van der Waals surface area contributed by atoms with Crippen molar-refractivity contribution in [1.29, 1.82) is 0 Å². The Morgan fingerprint density at radius 1 is 1.20 bits per heavy atom. The Balaban J connectivity index is 1.57. The van der Waals surface area contributed by atoms with E-state index in [9.17, 15) is 4.79 Å². The normalized spacial score (nSPS) is 19.8. The van der Waals surface area contributed by atoms with Gasteiger partial charge in [-0.25, -0.2) is 9.97 Å². The molecular weight excluding hydrogens is 332 g/mol. The van der Waals surface area contributed by atoms with Crippen LogP contribution in [0.25, 0.3) is 0 Å². The molecule has 1 aromatic heterocycles. The van der Waals surface area contributed by atoms with Crippen molar-refractivity contribution >= 4 is 23.4 Å². The van der Waals surface area contributed by atoms with Crippen LogP contribution in [0.15, 0.2) is 40.4 Å². The monoisotopic (exact) mass is 356 g/mol. The van der Waals surface area contributed by atoms with Gasteiger partial charge in [0.05, 0.1) is 0 Å². The number of amides is 1. The number of anilines is 1. The first-order valence-electron chi connectivity index (χ1n) is 8.65. The SMILES string of the molecule is Cc1cc(C)nc(Sc2ccc(NC(=O)C[C@@H]3CCC[C@H]3N)cc2)n1. The Bertz CT molecular complexity index is 727. The maximum Gasteiger partial charge on any atom is 0.224 e. The van der Waals surface area contributed by atoms with E-state index in [2.05, 4.69) is 15.3 Å². The highest BCUT2D eigenvalue weighted by Crippen LogP contribution is 2.28. The molecule has 0 bridgehead atoms. The predicted molar refractivity (Wildman–Crippen MR) is 101 cm³/mol. The predicted octanol–water partition coefficient (Wildman–Crippen LogP) is 3.70. The average Bonchev–Trinajstić information content (AvgIpc) is 2.93. The Kier molecular flexibility index (Phi) is 5.71. The molecule has 1 aliphatic rings. The van der Waals surface area contributed by atoms with Crippen molar-refractivity contribution in [3.63, 3.8) is 0 Å². The van der Waals surface area contributed by atoms with Gasteiger partial charge in [0.15, 0.2) is 5.16 Å². The summed E-state index contributed by atoms with van der Waals surface area (Å²) in [7, 11) is 0. The lowest BCUT2D eigenvalue weighted by atomic mass is 10.00. The fourth-order valence-corrected chi connectivity index (χ4v) is 4.08. The fraction of sp³-hybridized carbons (Fsp3) is 0.421. The summed E-state index contributed by atoms with van der Waals surface area (Å²) < 4.78 is 0. The van der Waals surface area contributed by atoms with Gasteiger partial charge < -0.3 is 11.1 Å². The number of carbonyl (C=O) groups excluding carboxylic acids is 1. The second-order valence-electron chi connectivity index (χ2n) is 6.67. The molecule has 3 N–H and O–H groups in total. The highest BCUT2D eigenvalue weighted by Gasteiger charge is 2.25. The molecule has 6 heteroatoms. The summed E-state index contributed by atoms with van der Waals surface area (Å²) in [5.41, 5.74) is 8.77. The molecule has 0 saturated heterocycles. The Labute approximate surface area is 152 Å². The van der Waals surface area contributed by atoms with Gasteiger partial charge in [-0.15, -0.1) is 0 Å². The zero-order valence-electron chi connectivity index (χ0n) is 14.7. The van der Waals surface area contributed by atoms with E-state index in [1.807, 2.05) is 44.2 Å². The van der Waals surface area contributed by atoms with Crippen LogP contribution in [0.5, 0.6) is 0 Å². The van der Waals surface area contributed by atoms with Crippen LogP contribution in [0, 0.1) is 19.8 Å². The molecule has 5 nitrogen and oxygen atoms in total. The van der Waals surface area contributed by atoms with Crippen molar-refractivity contribution in [1.82, 2.24) is 9.97 Å². The van der Waals surface area contributed by atoms with Crippen LogP contribution in [-0.4, -0.2) is 21.9 Å². The summed E-state index contributed by atoms with van der Waals surface area (Å²) in [5, 5.41) is 3.70. The van der Waals surface area contributed by atoms with Crippen molar-refractivity contribution in [2.24, 2.45) is 11.7 Å². The van der Waals surface area contributed by atoms with Crippen LogP contribution in [-0.2, 0) is 4.79 Å². The minimum Gasteiger partial charge on any atom is -0.327 e. The molecule has 0 radical (unpaired) electrons. The van der Waals surface area contributed by atoms with Crippen LogP contribution in [0.1, 0.15) is 37.1 Å². The van der Waals surface area contributed by atoms with Crippen molar-refractivity contribution in [3.05, 3.63) is 41.7 Å². The maximum absolute atomic E-state index is 12.2. The van der Waals surface area contributed by atoms with Gasteiger partial charge in [0.25, 0.3) is 0 Å². The first-order valence-corrected chi connectivity index (χ1v) is 9.47. The third kappa shape index (κ3) is 5.03. The zero-order chi connectivity index (χ0) is 17.8. The van der Waals surface area contributed by atoms with E-state index in [4.69, 9.17) is 5.73 Å². The van der Waals surface area contributed by atoms with Crippen molar-refractivity contribution in [2.45, 2.75) is 55.6 Å². The smallest absolute Gasteiger partial charge is 0.224 e. The second kappa shape index (κ2) is 7.97. The lowest BCUT2D eigenvalue weighted by Crippen LogP contribution is -2.28. The summed E-state index contributed by atoms with van der Waals surface area (Å²) in [6.45, 7) is 3.93. The summed E-state index contributed by atoms with van der Waals surface area (Å²) in [6, 6.07) is 9.90. The summed E-state index contributed by atoms with van der Waals surface area (Å²) in [4.78, 5) is 22.1. The second-order valence-corrected chi connectivity index (χ2v) is 7.71. The van der Waals surface area contributed by atoms with E-state index >= 15 is 0 Å². The molecule has 2 aromatic rings. The molecule has 1 fully saturated rings. The minimum absolute atomic E-state index is 0.0420. The number of benzene rings is 1. The van der Waals surface area contributed by atoms with Gasteiger partial charge in [0.1, 0.15) is 0 Å². The van der Waals surface area contributed by atoms with E-state index in [1.54, 1.807) is 0 Å². The number of rotatable bonds is 5. The molecule has 1 saturated carbocycles. The van der Waals surface area contributed by atoms with Gasteiger partial charge in [-0.3, -0.25) is 4.79 Å². The molecule has 1 amide bonds. The molecule has 3 rings (SSSR count). The average molecular weight is 356 g/mol. The van der Waals surface area contributed by atoms with Crippen LogP contribution < -0.4 is 11.1 Å². The van der Waals surface area contributed by atoms with Crippen LogP contribution >= 0.6 is 11.8 Å². The summed E-state index contributed by atoms with van der Waals surface area (Å²) in [5.74, 6) is 0.358. The lowest BCUT2D eigenvalue weighted by molar-refractivity contribution is -0.117. The molecule has 0 unspecified atom stereocenters. The maximum atomic E-state index is 12.2. The fourth-order valence-electron chi connectivity index (χ4n) is 3.22. The van der Waals surface area contributed by atoms with E-state index in [1.165, 1.54) is 11.8 Å². The number of aromatic nitrogens is 2. The first-order chi connectivity index (χ1) is 12.0. The molecule has 132 valence electrons. The quantitative estimate of drug-likeness (QED) is 0.798. The highest BCUT2D eigenvalue weighted by molar-refractivity contribution is 7.99. The number of nitrogens with zero attached hydrogens (tertiary/aromatic N) is 2. The molecule has 1 aromatic carbocycles. The van der Waals surface area contributed by atoms with Crippen molar-refractivity contribution < 1.29 is 4.79 Å². The largest absolute Gasteiger partial charge is 0.327 e. The zero-order valence-corrected chi connectivity index (χ0v) is 15.5. The van der Waals surface area contributed by atoms with E-state index in [0.29, 0.717) is 12.3 Å². The minimum atomic E-state index is 0.0420. The van der Waals surface area contributed by atoms with Gasteiger partial charge in [0, 0.05) is 34.4 Å². The molecule has 0 spiro atoms. The van der Waals surface area contributed by atoms with Crippen LogP contribution in [0.4, 0.5) is 5.69 Å². The van der Waals surface area contributed by atoms with E-state index in [0.717, 1.165) is 46.4 Å². The number of nitrogens with two attached hydrogens (primary N) is 1. The summed E-state index contributed by atoms with van der Waals surface area (Å²) >= 11 is 1.52. The van der Waals surface area contributed by atoms with Crippen LogP contribution in [0.3, 0.4) is 0 Å². The Morgan fingerprint density at radius 3 is 2.48 bits per heavy atom. The first kappa shape index (κ1) is 17.9. The Hall–Kier alpha value is -1.92. The number of hydrogen-bond acceptors (Lipinski definition) is 5. The topological polar surface area (TPSA) is 80.9 Å². The number of nitrogens with one attached hydrogen (secondary N) is 1. The highest BCUT2D eigenvalue weighted by atomic mass is 32.2. The molecule has 0 aliphatic heterocycles. The number of aryl methyl sites for hydroxylation is 2. The van der Waals surface area contributed by atoms with Gasteiger partial charge in [-0.05, 0) is 74.7 Å². The van der Waals surface area contributed by atoms with Gasteiger partial charge >= 0.3 is 0 Å². The van der Waals surface area contributed by atoms with E-state index in [-0.39, 0.29) is 11.9 Å². The van der Waals surface area contributed by atoms with Crippen LogP contribution in [0.2, 0.25) is 0 Å². The number of carbonyl (C=O) groups is 1. The lowest BCUT2D eigenvalue weighted by Gasteiger charge is -2.14. The molecule has 25 heavy (non-hydrogen) atoms. The van der Waals surface area contributed by atoms with E-state index < -0.39 is 0 Å². The summed E-state index contributed by atoms with van der Waals surface area (Å²) in [6.07, 6.45) is 3.73. The van der Waals surface area contributed by atoms with Crippen molar-refractivity contribution in [3.8, 4) is 0 Å². The van der Waals surface area contributed by atoms with Gasteiger partial charge in [-0.2, -0.15) is 0 Å². The third-order valence-corrected chi connectivity index (χ3v) is 5.35. The Morgan fingerprint density at radius 2 is 1.88 bits per heavy atom. The molecule has 1 heterocycles. The molecular formula is C19H24N4OS. The molecule has 2 atom stereocenters. The third-order valence-electron chi connectivity index (χ3n) is 4.47. The van der Waals surface area contributed by atoms with Crippen molar-refractivity contribution in [2.75, 3.05) is 5.32 Å². The van der Waals surface area contributed by atoms with Gasteiger partial charge in [-0.1, -0.05) is 6.42 Å². The van der Waals surface area contributed by atoms with Gasteiger partial charge in [0.2, 0.25) is 5.91 Å². The standard InChI is InChI=1S/C19H24N4OS/c1-12-10-13(2)22-19(21-12)25-16-8-6-15(7-9-16)23-18(24)11-14-4-3-5-17(14)20/h6-10,14,17H,3-5,11,20H2,1-2H3,(H,23,24)/t14-,17+/m0/s1. The number of hydrogen-bond donors (Lipinski definition) is 2.